The fourth-order valence-corrected chi connectivity index (χ4v) is 2.41. The lowest BCUT2D eigenvalue weighted by atomic mass is 9.95. The number of carbonyl (C=O) groups is 2. The molecular weight excluding hydrogens is 242 g/mol. The molecule has 102 valence electrons. The van der Waals surface area contributed by atoms with Crippen molar-refractivity contribution in [3.05, 3.63) is 34.9 Å². The quantitative estimate of drug-likeness (QED) is 0.898. The number of amides is 1. The summed E-state index contributed by atoms with van der Waals surface area (Å²) in [6.07, 6.45) is 0.570. The summed E-state index contributed by atoms with van der Waals surface area (Å²) in [6.45, 7) is 5.18. The predicted molar refractivity (Wildman–Crippen MR) is 71.9 cm³/mol. The highest BCUT2D eigenvalue weighted by molar-refractivity contribution is 5.80. The third-order valence-electron chi connectivity index (χ3n) is 3.62. The molecule has 1 aliphatic heterocycles. The summed E-state index contributed by atoms with van der Waals surface area (Å²) in [6, 6.07) is 6.11. The molecule has 1 heterocycles. The zero-order chi connectivity index (χ0) is 14.0. The molecule has 0 atom stereocenters. The second-order valence-electron chi connectivity index (χ2n) is 5.37. The molecule has 4 nitrogen and oxygen atoms in total. The molecule has 1 aliphatic rings. The van der Waals surface area contributed by atoms with Crippen LogP contribution in [0.2, 0.25) is 0 Å². The Hall–Kier alpha value is -1.84. The Balaban J connectivity index is 1.89. The summed E-state index contributed by atoms with van der Waals surface area (Å²) in [5.74, 6) is -0.568. The van der Waals surface area contributed by atoms with E-state index in [1.807, 2.05) is 32.0 Å². The Morgan fingerprint density at radius 1 is 1.32 bits per heavy atom. The molecule has 2 rings (SSSR count). The highest BCUT2D eigenvalue weighted by Gasteiger charge is 2.31. The van der Waals surface area contributed by atoms with Gasteiger partial charge in [0.25, 0.3) is 0 Å². The van der Waals surface area contributed by atoms with Crippen LogP contribution in [0.5, 0.6) is 0 Å². The van der Waals surface area contributed by atoms with E-state index in [1.165, 1.54) is 0 Å². The number of carbonyl (C=O) groups excluding carboxylic acids is 1. The van der Waals surface area contributed by atoms with E-state index in [9.17, 15) is 9.59 Å². The molecule has 1 N–H and O–H groups in total. The molecule has 0 saturated carbocycles. The Kier molecular flexibility index (Phi) is 3.88. The Bertz CT molecular complexity index is 504. The molecule has 19 heavy (non-hydrogen) atoms. The molecule has 1 saturated heterocycles. The summed E-state index contributed by atoms with van der Waals surface area (Å²) >= 11 is 0. The van der Waals surface area contributed by atoms with Crippen molar-refractivity contribution in [1.82, 2.24) is 4.90 Å². The normalized spacial score (nSPS) is 15.2. The van der Waals surface area contributed by atoms with E-state index >= 15 is 0 Å². The van der Waals surface area contributed by atoms with E-state index in [1.54, 1.807) is 4.90 Å². The van der Waals surface area contributed by atoms with E-state index in [4.69, 9.17) is 5.11 Å². The summed E-state index contributed by atoms with van der Waals surface area (Å²) in [4.78, 5) is 24.4. The van der Waals surface area contributed by atoms with E-state index in [0.717, 1.165) is 16.7 Å². The van der Waals surface area contributed by atoms with Crippen LogP contribution in [0, 0.1) is 19.8 Å². The number of benzene rings is 1. The number of hydrogen-bond acceptors (Lipinski definition) is 2. The van der Waals surface area contributed by atoms with Gasteiger partial charge in [-0.1, -0.05) is 23.8 Å². The van der Waals surface area contributed by atoms with Gasteiger partial charge in [0.05, 0.1) is 12.8 Å². The zero-order valence-corrected chi connectivity index (χ0v) is 11.3. The Morgan fingerprint density at radius 2 is 2.00 bits per heavy atom. The lowest BCUT2D eigenvalue weighted by Crippen LogP contribution is -2.51. The summed E-state index contributed by atoms with van der Waals surface area (Å²) in [5, 5.41) is 8.67. The molecular formula is C15H19NO3. The van der Waals surface area contributed by atoms with Gasteiger partial charge in [-0.25, -0.2) is 0 Å². The van der Waals surface area contributed by atoms with Crippen LogP contribution in [0.15, 0.2) is 18.2 Å². The van der Waals surface area contributed by atoms with Gasteiger partial charge < -0.3 is 10.0 Å². The van der Waals surface area contributed by atoms with Crippen LogP contribution in [0.25, 0.3) is 0 Å². The summed E-state index contributed by atoms with van der Waals surface area (Å²) in [7, 11) is 0. The second kappa shape index (κ2) is 5.43. The first-order valence-corrected chi connectivity index (χ1v) is 6.51. The number of hydrogen-bond donors (Lipinski definition) is 1. The van der Waals surface area contributed by atoms with Crippen molar-refractivity contribution in [3.8, 4) is 0 Å². The zero-order valence-electron chi connectivity index (χ0n) is 11.3. The van der Waals surface area contributed by atoms with Gasteiger partial charge in [-0.05, 0) is 25.0 Å². The first-order valence-electron chi connectivity index (χ1n) is 6.51. The monoisotopic (exact) mass is 261 g/mol. The standard InChI is InChI=1S/C15H19NO3/c1-10-3-4-11(2)13(5-10)7-14(17)16-8-12(9-16)6-15(18)19/h3-5,12H,6-9H2,1-2H3,(H,18,19). The highest BCUT2D eigenvalue weighted by atomic mass is 16.4. The third-order valence-corrected chi connectivity index (χ3v) is 3.62. The Morgan fingerprint density at radius 3 is 2.63 bits per heavy atom. The average Bonchev–Trinajstić information content (AvgIpc) is 2.27. The molecule has 0 aliphatic carbocycles. The van der Waals surface area contributed by atoms with E-state index in [-0.39, 0.29) is 18.2 Å². The maximum absolute atomic E-state index is 12.1. The van der Waals surface area contributed by atoms with E-state index in [2.05, 4.69) is 0 Å². The average molecular weight is 261 g/mol. The van der Waals surface area contributed by atoms with Gasteiger partial charge in [-0.3, -0.25) is 9.59 Å². The van der Waals surface area contributed by atoms with Gasteiger partial charge in [0.1, 0.15) is 0 Å². The van der Waals surface area contributed by atoms with Crippen molar-refractivity contribution < 1.29 is 14.7 Å². The number of nitrogens with zero attached hydrogens (tertiary/aromatic N) is 1. The minimum atomic E-state index is -0.786. The number of likely N-dealkylation sites (tertiary alicyclic amines) is 1. The van der Waals surface area contributed by atoms with Crippen molar-refractivity contribution in [1.29, 1.82) is 0 Å². The van der Waals surface area contributed by atoms with Gasteiger partial charge in [-0.15, -0.1) is 0 Å². The molecule has 0 radical (unpaired) electrons. The molecule has 4 heteroatoms. The number of aliphatic carboxylic acids is 1. The number of carboxylic acids is 1. The van der Waals surface area contributed by atoms with Crippen molar-refractivity contribution in [3.63, 3.8) is 0 Å². The first kappa shape index (κ1) is 13.6. The molecule has 1 aromatic carbocycles. The van der Waals surface area contributed by atoms with Crippen molar-refractivity contribution >= 4 is 11.9 Å². The molecule has 1 fully saturated rings. The van der Waals surface area contributed by atoms with Crippen molar-refractivity contribution in [2.45, 2.75) is 26.7 Å². The second-order valence-corrected chi connectivity index (χ2v) is 5.37. The lowest BCUT2D eigenvalue weighted by Gasteiger charge is -2.38. The number of carboxylic acid groups (broad SMARTS) is 1. The van der Waals surface area contributed by atoms with Crippen LogP contribution in [-0.4, -0.2) is 35.0 Å². The smallest absolute Gasteiger partial charge is 0.303 e. The topological polar surface area (TPSA) is 57.6 Å². The van der Waals surface area contributed by atoms with Crippen molar-refractivity contribution in [2.24, 2.45) is 5.92 Å². The molecule has 0 bridgehead atoms. The molecule has 0 unspecified atom stereocenters. The summed E-state index contributed by atoms with van der Waals surface area (Å²) < 4.78 is 0. The van der Waals surface area contributed by atoms with Crippen LogP contribution in [-0.2, 0) is 16.0 Å². The first-order chi connectivity index (χ1) is 8.95. The third kappa shape index (κ3) is 3.34. The Labute approximate surface area is 113 Å². The molecule has 1 aromatic rings. The van der Waals surface area contributed by atoms with Crippen LogP contribution < -0.4 is 0 Å². The molecule has 0 aromatic heterocycles. The van der Waals surface area contributed by atoms with E-state index in [0.29, 0.717) is 19.5 Å². The predicted octanol–water partition coefficient (Wildman–Crippen LogP) is 1.78. The van der Waals surface area contributed by atoms with Crippen LogP contribution in [0.3, 0.4) is 0 Å². The van der Waals surface area contributed by atoms with Gasteiger partial charge in [0.2, 0.25) is 5.91 Å². The minimum absolute atomic E-state index is 0.0929. The van der Waals surface area contributed by atoms with Crippen LogP contribution in [0.1, 0.15) is 23.1 Å². The van der Waals surface area contributed by atoms with Crippen molar-refractivity contribution in [2.75, 3.05) is 13.1 Å². The lowest BCUT2D eigenvalue weighted by molar-refractivity contribution is -0.144. The highest BCUT2D eigenvalue weighted by Crippen LogP contribution is 2.21. The minimum Gasteiger partial charge on any atom is -0.481 e. The van der Waals surface area contributed by atoms with Gasteiger partial charge in [0.15, 0.2) is 0 Å². The van der Waals surface area contributed by atoms with Crippen LogP contribution in [0.4, 0.5) is 0 Å². The fourth-order valence-electron chi connectivity index (χ4n) is 2.41. The maximum Gasteiger partial charge on any atom is 0.303 e. The largest absolute Gasteiger partial charge is 0.481 e. The van der Waals surface area contributed by atoms with Crippen LogP contribution >= 0.6 is 0 Å². The van der Waals surface area contributed by atoms with E-state index < -0.39 is 5.97 Å². The number of rotatable bonds is 4. The van der Waals surface area contributed by atoms with Gasteiger partial charge in [-0.2, -0.15) is 0 Å². The van der Waals surface area contributed by atoms with Gasteiger partial charge in [0, 0.05) is 19.0 Å². The molecule has 0 spiro atoms. The maximum atomic E-state index is 12.1. The number of aryl methyl sites for hydroxylation is 2. The van der Waals surface area contributed by atoms with Gasteiger partial charge >= 0.3 is 5.97 Å². The SMILES string of the molecule is Cc1ccc(C)c(CC(=O)N2CC(CC(=O)O)C2)c1. The fraction of sp³-hybridized carbons (Fsp3) is 0.467. The molecule has 1 amide bonds. The summed E-state index contributed by atoms with van der Waals surface area (Å²) in [5.41, 5.74) is 3.34.